The molecule has 0 fully saturated rings. The number of amides is 1. The maximum Gasteiger partial charge on any atom is 0.220 e. The summed E-state index contributed by atoms with van der Waals surface area (Å²) in [5.41, 5.74) is 0. The van der Waals surface area contributed by atoms with Crippen LogP contribution in [0.5, 0.6) is 0 Å². The van der Waals surface area contributed by atoms with Gasteiger partial charge in [-0.2, -0.15) is 0 Å². The fraction of sp³-hybridized carbons (Fsp3) is 0.167. The summed E-state index contributed by atoms with van der Waals surface area (Å²) in [4.78, 5) is 10.1. The van der Waals surface area contributed by atoms with E-state index in [1.807, 2.05) is 0 Å². The van der Waals surface area contributed by atoms with Crippen molar-refractivity contribution in [1.29, 1.82) is 0 Å². The average Bonchev–Trinajstić information content (AvgIpc) is 1.66. The van der Waals surface area contributed by atoms with E-state index in [0.29, 0.717) is 0 Å². The minimum Gasteiger partial charge on any atom is -0.333 e. The molecular formula is C6H9NO. The van der Waals surface area contributed by atoms with Crippen LogP contribution in [-0.2, 0) is 4.79 Å². The molecule has 2 heteroatoms. The van der Waals surface area contributed by atoms with Gasteiger partial charge in [-0.1, -0.05) is 12.7 Å². The van der Waals surface area contributed by atoms with Crippen molar-refractivity contribution in [3.8, 4) is 0 Å². The molecular weight excluding hydrogens is 102 g/mol. The van der Waals surface area contributed by atoms with Crippen molar-refractivity contribution in [2.24, 2.45) is 0 Å². The van der Waals surface area contributed by atoms with Crippen molar-refractivity contribution in [3.63, 3.8) is 0 Å². The number of hydrogen-bond acceptors (Lipinski definition) is 1. The van der Waals surface area contributed by atoms with Crippen molar-refractivity contribution >= 4 is 5.91 Å². The third kappa shape index (κ3) is 4.95. The van der Waals surface area contributed by atoms with E-state index < -0.39 is 0 Å². The van der Waals surface area contributed by atoms with Gasteiger partial charge in [0.1, 0.15) is 0 Å². The van der Waals surface area contributed by atoms with Gasteiger partial charge in [0, 0.05) is 13.1 Å². The second-order valence-corrected chi connectivity index (χ2v) is 1.30. The Labute approximate surface area is 48.9 Å². The molecule has 0 aliphatic heterocycles. The monoisotopic (exact) mass is 111 g/mol. The van der Waals surface area contributed by atoms with Gasteiger partial charge >= 0.3 is 0 Å². The van der Waals surface area contributed by atoms with Crippen LogP contribution in [0.1, 0.15) is 6.92 Å². The van der Waals surface area contributed by atoms with Crippen LogP contribution in [0.4, 0.5) is 0 Å². The summed E-state index contributed by atoms with van der Waals surface area (Å²) in [6.07, 6.45) is 4.78. The summed E-state index contributed by atoms with van der Waals surface area (Å²) in [7, 11) is 0. The molecule has 0 aliphatic carbocycles. The number of nitrogens with one attached hydrogen (secondary N) is 1. The number of carbonyl (C=O) groups excluding carboxylic acids is 1. The van der Waals surface area contributed by atoms with Crippen LogP contribution in [0, 0.1) is 0 Å². The van der Waals surface area contributed by atoms with Gasteiger partial charge in [0.05, 0.1) is 0 Å². The first-order chi connectivity index (χ1) is 3.77. The Morgan fingerprint density at radius 1 is 1.75 bits per heavy atom. The minimum atomic E-state index is -0.0666. The molecule has 0 rings (SSSR count). The molecule has 1 N–H and O–H groups in total. The van der Waals surface area contributed by atoms with E-state index in [9.17, 15) is 4.79 Å². The van der Waals surface area contributed by atoms with Gasteiger partial charge in [0.2, 0.25) is 5.91 Å². The number of hydrogen-bond donors (Lipinski definition) is 1. The van der Waals surface area contributed by atoms with E-state index in [4.69, 9.17) is 0 Å². The number of carbonyl (C=O) groups is 1. The zero-order chi connectivity index (χ0) is 6.41. The van der Waals surface area contributed by atoms with Gasteiger partial charge in [0.15, 0.2) is 0 Å². The topological polar surface area (TPSA) is 29.1 Å². The maximum absolute atomic E-state index is 10.1. The molecule has 8 heavy (non-hydrogen) atoms. The normalized spacial score (nSPS) is 9.12. The van der Waals surface area contributed by atoms with Crippen LogP contribution in [0.25, 0.3) is 0 Å². The first kappa shape index (κ1) is 6.95. The van der Waals surface area contributed by atoms with E-state index in [0.717, 1.165) is 0 Å². The zero-order valence-corrected chi connectivity index (χ0v) is 4.85. The molecule has 0 heterocycles. The van der Waals surface area contributed by atoms with E-state index >= 15 is 0 Å². The van der Waals surface area contributed by atoms with Crippen LogP contribution >= 0.6 is 0 Å². The predicted molar refractivity (Wildman–Crippen MR) is 33.2 cm³/mol. The molecule has 0 radical (unpaired) electrons. The molecule has 2 nitrogen and oxygen atoms in total. The van der Waals surface area contributed by atoms with Crippen LogP contribution in [0.3, 0.4) is 0 Å². The molecule has 0 aromatic carbocycles. The molecule has 0 saturated carbocycles. The Balaban J connectivity index is 3.29. The zero-order valence-electron chi connectivity index (χ0n) is 4.85. The van der Waals surface area contributed by atoms with Crippen molar-refractivity contribution in [3.05, 3.63) is 24.9 Å². The summed E-state index contributed by atoms with van der Waals surface area (Å²) in [5, 5.41) is 2.46. The van der Waals surface area contributed by atoms with E-state index in [1.165, 1.54) is 13.1 Å². The molecule has 0 spiro atoms. The largest absolute Gasteiger partial charge is 0.333 e. The molecule has 0 saturated heterocycles. The summed E-state index contributed by atoms with van der Waals surface area (Å²) in [6.45, 7) is 4.87. The fourth-order valence-electron chi connectivity index (χ4n) is 0.234. The van der Waals surface area contributed by atoms with Gasteiger partial charge in [0.25, 0.3) is 0 Å². The van der Waals surface area contributed by atoms with Crippen LogP contribution in [0.15, 0.2) is 24.9 Å². The Bertz CT molecular complexity index is 116. The van der Waals surface area contributed by atoms with E-state index in [2.05, 4.69) is 11.9 Å². The molecule has 0 aromatic rings. The predicted octanol–water partition coefficient (Wildman–Crippen LogP) is 0.822. The standard InChI is InChI=1S/C6H9NO/c1-3-4-5-7-6(2)8/h3-5H,1H2,2H3,(H,7,8)/b5-4+. The van der Waals surface area contributed by atoms with Gasteiger partial charge in [-0.25, -0.2) is 0 Å². The third-order valence-electron chi connectivity index (χ3n) is 0.519. The Kier molecular flexibility index (Phi) is 3.58. The van der Waals surface area contributed by atoms with Crippen LogP contribution < -0.4 is 5.32 Å². The quantitative estimate of drug-likeness (QED) is 0.525. The lowest BCUT2D eigenvalue weighted by molar-refractivity contribution is -0.118. The van der Waals surface area contributed by atoms with E-state index in [1.54, 1.807) is 12.2 Å². The Hall–Kier alpha value is -1.05. The third-order valence-corrected chi connectivity index (χ3v) is 0.519. The highest BCUT2D eigenvalue weighted by Gasteiger charge is 1.77. The van der Waals surface area contributed by atoms with E-state index in [-0.39, 0.29) is 5.91 Å². The van der Waals surface area contributed by atoms with Gasteiger partial charge in [-0.05, 0) is 6.08 Å². The van der Waals surface area contributed by atoms with Crippen LogP contribution in [-0.4, -0.2) is 5.91 Å². The summed E-state index contributed by atoms with van der Waals surface area (Å²) >= 11 is 0. The lowest BCUT2D eigenvalue weighted by Crippen LogP contribution is -2.10. The molecule has 0 unspecified atom stereocenters. The lowest BCUT2D eigenvalue weighted by Gasteiger charge is -1.85. The second kappa shape index (κ2) is 4.12. The first-order valence-electron chi connectivity index (χ1n) is 2.32. The smallest absolute Gasteiger partial charge is 0.220 e. The highest BCUT2D eigenvalue weighted by atomic mass is 16.1. The number of allylic oxidation sites excluding steroid dienone is 2. The molecule has 44 valence electrons. The van der Waals surface area contributed by atoms with Crippen molar-refractivity contribution in [2.75, 3.05) is 0 Å². The second-order valence-electron chi connectivity index (χ2n) is 1.30. The summed E-state index contributed by atoms with van der Waals surface area (Å²) < 4.78 is 0. The summed E-state index contributed by atoms with van der Waals surface area (Å²) in [5.74, 6) is -0.0666. The number of rotatable bonds is 2. The molecule has 0 aliphatic rings. The lowest BCUT2D eigenvalue weighted by atomic mass is 10.6. The highest BCUT2D eigenvalue weighted by molar-refractivity contribution is 5.73. The molecule has 0 aromatic heterocycles. The SMILES string of the molecule is C=C/C=C/NC(C)=O. The van der Waals surface area contributed by atoms with Crippen molar-refractivity contribution < 1.29 is 4.79 Å². The molecule has 1 amide bonds. The first-order valence-corrected chi connectivity index (χ1v) is 2.32. The minimum absolute atomic E-state index is 0.0666. The molecule has 0 atom stereocenters. The van der Waals surface area contributed by atoms with Gasteiger partial charge in [-0.15, -0.1) is 0 Å². The van der Waals surface area contributed by atoms with Gasteiger partial charge < -0.3 is 5.32 Å². The van der Waals surface area contributed by atoms with Crippen LogP contribution in [0.2, 0.25) is 0 Å². The summed E-state index contributed by atoms with van der Waals surface area (Å²) in [6, 6.07) is 0. The molecule has 0 bridgehead atoms. The Morgan fingerprint density at radius 3 is 2.75 bits per heavy atom. The van der Waals surface area contributed by atoms with Gasteiger partial charge in [-0.3, -0.25) is 4.79 Å². The maximum atomic E-state index is 10.1. The fourth-order valence-corrected chi connectivity index (χ4v) is 0.234. The van der Waals surface area contributed by atoms with Crippen molar-refractivity contribution in [2.45, 2.75) is 6.92 Å². The average molecular weight is 111 g/mol. The van der Waals surface area contributed by atoms with Crippen molar-refractivity contribution in [1.82, 2.24) is 5.32 Å². The highest BCUT2D eigenvalue weighted by Crippen LogP contribution is 1.66. The Morgan fingerprint density at radius 2 is 2.38 bits per heavy atom.